The molecule has 1 unspecified atom stereocenters. The Hall–Kier alpha value is -2.32. The Bertz CT molecular complexity index is 893. The van der Waals surface area contributed by atoms with Gasteiger partial charge in [-0.25, -0.2) is 4.98 Å². The lowest BCUT2D eigenvalue weighted by atomic mass is 10.2. The van der Waals surface area contributed by atoms with E-state index in [4.69, 9.17) is 16.1 Å². The SMILES string of the molecule is CCCCC(Sc1n[nH]c(-c2ccc(Cl)cc2)n1)C(=O)Nc1cc(C)on1. The predicted octanol–water partition coefficient (Wildman–Crippen LogP) is 4.71. The lowest BCUT2D eigenvalue weighted by Crippen LogP contribution is -2.25. The van der Waals surface area contributed by atoms with E-state index in [0.717, 1.165) is 18.4 Å². The molecule has 2 aromatic heterocycles. The summed E-state index contributed by atoms with van der Waals surface area (Å²) >= 11 is 7.25. The second kappa shape index (κ2) is 9.05. The van der Waals surface area contributed by atoms with Gasteiger partial charge in [0.05, 0.1) is 5.25 Å². The summed E-state index contributed by atoms with van der Waals surface area (Å²) < 4.78 is 4.99. The van der Waals surface area contributed by atoms with E-state index in [0.29, 0.717) is 34.0 Å². The van der Waals surface area contributed by atoms with E-state index in [9.17, 15) is 4.79 Å². The third-order valence-electron chi connectivity index (χ3n) is 3.82. The van der Waals surface area contributed by atoms with E-state index in [1.807, 2.05) is 12.1 Å². The highest BCUT2D eigenvalue weighted by molar-refractivity contribution is 8.00. The van der Waals surface area contributed by atoms with Crippen LogP contribution in [0, 0.1) is 6.92 Å². The average molecular weight is 406 g/mol. The molecule has 27 heavy (non-hydrogen) atoms. The van der Waals surface area contributed by atoms with Crippen molar-refractivity contribution in [1.29, 1.82) is 0 Å². The number of carbonyl (C=O) groups excluding carboxylic acids is 1. The van der Waals surface area contributed by atoms with Gasteiger partial charge in [0.25, 0.3) is 0 Å². The molecular weight excluding hydrogens is 386 g/mol. The molecule has 0 saturated heterocycles. The summed E-state index contributed by atoms with van der Waals surface area (Å²) in [5.41, 5.74) is 0.881. The summed E-state index contributed by atoms with van der Waals surface area (Å²) in [5, 5.41) is 14.6. The highest BCUT2D eigenvalue weighted by Crippen LogP contribution is 2.27. The number of halogens is 1. The summed E-state index contributed by atoms with van der Waals surface area (Å²) in [4.78, 5) is 17.1. The molecular formula is C18H20ClN5O2S. The van der Waals surface area contributed by atoms with Gasteiger partial charge >= 0.3 is 0 Å². The Morgan fingerprint density at radius 2 is 2.15 bits per heavy atom. The van der Waals surface area contributed by atoms with Crippen LogP contribution >= 0.6 is 23.4 Å². The molecule has 142 valence electrons. The zero-order valence-corrected chi connectivity index (χ0v) is 16.6. The van der Waals surface area contributed by atoms with Crippen LogP contribution in [0.4, 0.5) is 5.82 Å². The molecule has 0 saturated carbocycles. The van der Waals surface area contributed by atoms with Crippen LogP contribution in [0.2, 0.25) is 5.02 Å². The fourth-order valence-electron chi connectivity index (χ4n) is 2.43. The highest BCUT2D eigenvalue weighted by Gasteiger charge is 2.23. The van der Waals surface area contributed by atoms with E-state index in [1.165, 1.54) is 11.8 Å². The zero-order chi connectivity index (χ0) is 19.2. The number of nitrogens with zero attached hydrogens (tertiary/aromatic N) is 3. The smallest absolute Gasteiger partial charge is 0.239 e. The molecule has 0 aliphatic rings. The van der Waals surface area contributed by atoms with Crippen LogP contribution in [0.25, 0.3) is 11.4 Å². The fourth-order valence-corrected chi connectivity index (χ4v) is 3.50. The van der Waals surface area contributed by atoms with Gasteiger partial charge in [-0.1, -0.05) is 48.3 Å². The van der Waals surface area contributed by atoms with Crippen molar-refractivity contribution in [1.82, 2.24) is 20.3 Å². The number of hydrogen-bond donors (Lipinski definition) is 2. The Labute approximate surface area is 166 Å². The van der Waals surface area contributed by atoms with Crippen molar-refractivity contribution in [3.63, 3.8) is 0 Å². The van der Waals surface area contributed by atoms with Crippen LogP contribution in [0.15, 0.2) is 40.0 Å². The second-order valence-corrected chi connectivity index (χ2v) is 7.64. The standard InChI is InChI=1S/C18H20ClN5O2S/c1-3-4-5-14(17(25)20-15-10-11(2)26-24-15)27-18-21-16(22-23-18)12-6-8-13(19)9-7-12/h6-10,14H,3-5H2,1-2H3,(H,20,24,25)(H,21,22,23). The van der Waals surface area contributed by atoms with Crippen molar-refractivity contribution in [3.05, 3.63) is 41.1 Å². The average Bonchev–Trinajstić information content (AvgIpc) is 3.28. The molecule has 3 aromatic rings. The van der Waals surface area contributed by atoms with Gasteiger partial charge in [0.1, 0.15) is 5.76 Å². The molecule has 9 heteroatoms. The van der Waals surface area contributed by atoms with Crippen LogP contribution in [-0.4, -0.2) is 31.5 Å². The Kier molecular flexibility index (Phi) is 6.52. The highest BCUT2D eigenvalue weighted by atomic mass is 35.5. The molecule has 1 atom stereocenters. The number of rotatable bonds is 8. The maximum Gasteiger partial charge on any atom is 0.239 e. The Morgan fingerprint density at radius 3 is 2.81 bits per heavy atom. The Balaban J connectivity index is 1.70. The first-order valence-corrected chi connectivity index (χ1v) is 9.90. The van der Waals surface area contributed by atoms with E-state index in [1.54, 1.807) is 25.1 Å². The van der Waals surface area contributed by atoms with Gasteiger partial charge in [0.15, 0.2) is 11.6 Å². The fraction of sp³-hybridized carbons (Fsp3) is 0.333. The molecule has 1 aromatic carbocycles. The summed E-state index contributed by atoms with van der Waals surface area (Å²) in [6, 6.07) is 9.01. The van der Waals surface area contributed by atoms with Crippen molar-refractivity contribution < 1.29 is 9.32 Å². The minimum Gasteiger partial charge on any atom is -0.360 e. The molecule has 0 aliphatic heterocycles. The molecule has 0 fully saturated rings. The van der Waals surface area contributed by atoms with Gasteiger partial charge in [-0.2, -0.15) is 0 Å². The lowest BCUT2D eigenvalue weighted by molar-refractivity contribution is -0.115. The van der Waals surface area contributed by atoms with Crippen LogP contribution in [0.1, 0.15) is 31.9 Å². The number of thioether (sulfide) groups is 1. The first-order chi connectivity index (χ1) is 13.0. The van der Waals surface area contributed by atoms with Crippen LogP contribution in [0.5, 0.6) is 0 Å². The minimum atomic E-state index is -0.323. The van der Waals surface area contributed by atoms with Crippen molar-refractivity contribution in [2.45, 2.75) is 43.5 Å². The normalized spacial score (nSPS) is 12.1. The second-order valence-electron chi connectivity index (χ2n) is 6.03. The number of aryl methyl sites for hydroxylation is 1. The molecule has 0 spiro atoms. The minimum absolute atomic E-state index is 0.139. The molecule has 2 N–H and O–H groups in total. The third-order valence-corrected chi connectivity index (χ3v) is 5.20. The summed E-state index contributed by atoms with van der Waals surface area (Å²) in [6.45, 7) is 3.87. The first kappa shape index (κ1) is 19.4. The van der Waals surface area contributed by atoms with Crippen LogP contribution < -0.4 is 5.32 Å². The molecule has 0 radical (unpaired) electrons. The number of H-pyrrole nitrogens is 1. The number of benzene rings is 1. The van der Waals surface area contributed by atoms with Crippen molar-refractivity contribution in [3.8, 4) is 11.4 Å². The van der Waals surface area contributed by atoms with E-state index in [2.05, 4.69) is 32.6 Å². The number of hydrogen-bond acceptors (Lipinski definition) is 6. The number of nitrogens with one attached hydrogen (secondary N) is 2. The van der Waals surface area contributed by atoms with E-state index in [-0.39, 0.29) is 11.2 Å². The molecule has 0 aliphatic carbocycles. The Morgan fingerprint density at radius 1 is 1.37 bits per heavy atom. The van der Waals surface area contributed by atoms with Gasteiger partial charge in [0.2, 0.25) is 11.1 Å². The van der Waals surface area contributed by atoms with Gasteiger partial charge in [-0.15, -0.1) is 5.10 Å². The number of unbranched alkanes of at least 4 members (excludes halogenated alkanes) is 1. The predicted molar refractivity (Wildman–Crippen MR) is 106 cm³/mol. The van der Waals surface area contributed by atoms with Gasteiger partial charge in [0, 0.05) is 16.7 Å². The van der Waals surface area contributed by atoms with Gasteiger partial charge in [-0.3, -0.25) is 9.89 Å². The molecule has 0 bridgehead atoms. The van der Waals surface area contributed by atoms with Crippen molar-refractivity contribution in [2.24, 2.45) is 0 Å². The number of aromatic nitrogens is 4. The van der Waals surface area contributed by atoms with Gasteiger partial charge in [-0.05, 0) is 37.6 Å². The topological polar surface area (TPSA) is 96.7 Å². The maximum absolute atomic E-state index is 12.7. The molecule has 1 amide bonds. The number of amides is 1. The number of anilines is 1. The zero-order valence-electron chi connectivity index (χ0n) is 15.0. The molecule has 7 nitrogen and oxygen atoms in total. The summed E-state index contributed by atoms with van der Waals surface area (Å²) in [6.07, 6.45) is 2.64. The van der Waals surface area contributed by atoms with Crippen LogP contribution in [0.3, 0.4) is 0 Å². The summed E-state index contributed by atoms with van der Waals surface area (Å²) in [7, 11) is 0. The number of carbonyl (C=O) groups is 1. The van der Waals surface area contributed by atoms with E-state index < -0.39 is 0 Å². The lowest BCUT2D eigenvalue weighted by Gasteiger charge is -2.13. The molecule has 2 heterocycles. The quantitative estimate of drug-likeness (QED) is 0.526. The third kappa shape index (κ3) is 5.33. The van der Waals surface area contributed by atoms with E-state index >= 15 is 0 Å². The largest absolute Gasteiger partial charge is 0.360 e. The van der Waals surface area contributed by atoms with Crippen molar-refractivity contribution >= 4 is 35.1 Å². The molecule has 3 rings (SSSR count). The van der Waals surface area contributed by atoms with Crippen molar-refractivity contribution in [2.75, 3.05) is 5.32 Å². The first-order valence-electron chi connectivity index (χ1n) is 8.64. The van der Waals surface area contributed by atoms with Crippen LogP contribution in [-0.2, 0) is 4.79 Å². The monoisotopic (exact) mass is 405 g/mol. The maximum atomic E-state index is 12.7. The number of aromatic amines is 1. The van der Waals surface area contributed by atoms with Gasteiger partial charge < -0.3 is 9.84 Å². The summed E-state index contributed by atoms with van der Waals surface area (Å²) in [5.74, 6) is 1.55.